The number of hydrogen-bond donors (Lipinski definition) is 2. The second kappa shape index (κ2) is 7.58. The number of benzene rings is 1. The molecule has 0 bridgehead atoms. The maximum Gasteiger partial charge on any atom is 0.308 e. The van der Waals surface area contributed by atoms with Crippen LogP contribution in [0.15, 0.2) is 42.6 Å². The van der Waals surface area contributed by atoms with Crippen LogP contribution in [0.3, 0.4) is 0 Å². The number of aliphatic carboxylic acids is 1. The molecule has 122 valence electrons. The highest BCUT2D eigenvalue weighted by Crippen LogP contribution is 2.12. The van der Waals surface area contributed by atoms with Gasteiger partial charge < -0.3 is 10.4 Å². The topological polar surface area (TPSA) is 84.2 Å². The maximum absolute atomic E-state index is 12.1. The van der Waals surface area contributed by atoms with Gasteiger partial charge in [0, 0.05) is 12.7 Å². The average molecular weight is 315 g/mol. The van der Waals surface area contributed by atoms with E-state index in [0.717, 1.165) is 5.69 Å². The summed E-state index contributed by atoms with van der Waals surface area (Å²) in [5.41, 5.74) is 1.12. The van der Waals surface area contributed by atoms with Crippen LogP contribution in [0.1, 0.15) is 30.8 Å². The van der Waals surface area contributed by atoms with Crippen LogP contribution in [-0.2, 0) is 4.79 Å². The number of nitrogens with zero attached hydrogens (tertiary/aromatic N) is 2. The smallest absolute Gasteiger partial charge is 0.308 e. The molecule has 0 radical (unpaired) electrons. The first-order valence-electron chi connectivity index (χ1n) is 7.59. The molecule has 1 atom stereocenters. The van der Waals surface area contributed by atoms with Crippen molar-refractivity contribution < 1.29 is 14.7 Å². The lowest BCUT2D eigenvalue weighted by molar-refractivity contribution is -0.142. The first kappa shape index (κ1) is 16.7. The zero-order valence-corrected chi connectivity index (χ0v) is 13.3. The van der Waals surface area contributed by atoms with Gasteiger partial charge in [-0.3, -0.25) is 9.59 Å². The van der Waals surface area contributed by atoms with E-state index in [2.05, 4.69) is 10.4 Å². The number of aromatic nitrogens is 2. The van der Waals surface area contributed by atoms with E-state index in [1.54, 1.807) is 16.9 Å². The van der Waals surface area contributed by atoms with Gasteiger partial charge in [-0.2, -0.15) is 5.10 Å². The molecule has 1 amide bonds. The third kappa shape index (κ3) is 4.67. The van der Waals surface area contributed by atoms with E-state index in [0.29, 0.717) is 6.42 Å². The summed E-state index contributed by atoms with van der Waals surface area (Å²) >= 11 is 0. The normalized spacial score (nSPS) is 12.1. The molecule has 2 rings (SSSR count). The lowest BCUT2D eigenvalue weighted by Crippen LogP contribution is -2.33. The molecule has 1 unspecified atom stereocenters. The van der Waals surface area contributed by atoms with E-state index >= 15 is 0 Å². The number of carboxylic acids is 1. The van der Waals surface area contributed by atoms with Crippen LogP contribution in [0.4, 0.5) is 0 Å². The van der Waals surface area contributed by atoms with Crippen LogP contribution < -0.4 is 5.32 Å². The highest BCUT2D eigenvalue weighted by atomic mass is 16.4. The summed E-state index contributed by atoms with van der Waals surface area (Å²) in [6.07, 6.45) is 2.22. The minimum atomic E-state index is -0.895. The second-order valence-corrected chi connectivity index (χ2v) is 5.86. The molecule has 0 aliphatic rings. The SMILES string of the molecule is CC(C)CC(CNC(=O)c1ccn(-c2ccccc2)n1)C(=O)O. The van der Waals surface area contributed by atoms with Crippen LogP contribution >= 0.6 is 0 Å². The highest BCUT2D eigenvalue weighted by molar-refractivity contribution is 5.92. The van der Waals surface area contributed by atoms with Gasteiger partial charge in [0.05, 0.1) is 11.6 Å². The first-order chi connectivity index (χ1) is 11.0. The Morgan fingerprint density at radius 1 is 1.22 bits per heavy atom. The Morgan fingerprint density at radius 2 is 1.91 bits per heavy atom. The second-order valence-electron chi connectivity index (χ2n) is 5.86. The summed E-state index contributed by atoms with van der Waals surface area (Å²) < 4.78 is 1.61. The number of amides is 1. The molecule has 6 heteroatoms. The summed E-state index contributed by atoms with van der Waals surface area (Å²) in [5.74, 6) is -1.59. The van der Waals surface area contributed by atoms with Gasteiger partial charge in [0.2, 0.25) is 0 Å². The van der Waals surface area contributed by atoms with Crippen LogP contribution in [0.5, 0.6) is 0 Å². The number of carbonyl (C=O) groups excluding carboxylic acids is 1. The van der Waals surface area contributed by atoms with E-state index < -0.39 is 11.9 Å². The Morgan fingerprint density at radius 3 is 2.52 bits per heavy atom. The Balaban J connectivity index is 1.98. The van der Waals surface area contributed by atoms with Crippen molar-refractivity contribution in [3.8, 4) is 5.69 Å². The summed E-state index contributed by atoms with van der Waals surface area (Å²) in [6.45, 7) is 4.02. The third-order valence-electron chi connectivity index (χ3n) is 3.46. The molecule has 0 saturated carbocycles. The van der Waals surface area contributed by atoms with Crippen LogP contribution in [0.2, 0.25) is 0 Å². The molecule has 0 spiro atoms. The van der Waals surface area contributed by atoms with Crippen molar-refractivity contribution in [3.05, 3.63) is 48.3 Å². The summed E-state index contributed by atoms with van der Waals surface area (Å²) in [6, 6.07) is 11.1. The van der Waals surface area contributed by atoms with Gasteiger partial charge >= 0.3 is 5.97 Å². The summed E-state index contributed by atoms with van der Waals surface area (Å²) in [5, 5.41) is 16.1. The van der Waals surface area contributed by atoms with Crippen molar-refractivity contribution in [3.63, 3.8) is 0 Å². The van der Waals surface area contributed by atoms with Crippen molar-refractivity contribution in [2.24, 2.45) is 11.8 Å². The number of hydrogen-bond acceptors (Lipinski definition) is 3. The van der Waals surface area contributed by atoms with Gasteiger partial charge in [-0.25, -0.2) is 4.68 Å². The van der Waals surface area contributed by atoms with Crippen molar-refractivity contribution in [2.75, 3.05) is 6.54 Å². The monoisotopic (exact) mass is 315 g/mol. The van der Waals surface area contributed by atoms with Gasteiger partial charge in [0.1, 0.15) is 0 Å². The van der Waals surface area contributed by atoms with Crippen molar-refractivity contribution in [1.82, 2.24) is 15.1 Å². The molecule has 23 heavy (non-hydrogen) atoms. The number of carboxylic acid groups (broad SMARTS) is 1. The molecule has 1 heterocycles. The predicted molar refractivity (Wildman–Crippen MR) is 86.5 cm³/mol. The van der Waals surface area contributed by atoms with Gasteiger partial charge in [-0.15, -0.1) is 0 Å². The summed E-state index contributed by atoms with van der Waals surface area (Å²) in [4.78, 5) is 23.3. The zero-order chi connectivity index (χ0) is 16.8. The molecule has 0 aliphatic heterocycles. The fraction of sp³-hybridized carbons (Fsp3) is 0.353. The number of carbonyl (C=O) groups is 2. The Hall–Kier alpha value is -2.63. The minimum absolute atomic E-state index is 0.102. The average Bonchev–Trinajstić information content (AvgIpc) is 3.01. The lowest BCUT2D eigenvalue weighted by Gasteiger charge is -2.14. The van der Waals surface area contributed by atoms with Crippen molar-refractivity contribution in [1.29, 1.82) is 0 Å². The van der Waals surface area contributed by atoms with Gasteiger partial charge in [0.15, 0.2) is 5.69 Å². The molecule has 2 aromatic rings. The first-order valence-corrected chi connectivity index (χ1v) is 7.59. The fourth-order valence-electron chi connectivity index (χ4n) is 2.32. The third-order valence-corrected chi connectivity index (χ3v) is 3.46. The summed E-state index contributed by atoms with van der Waals surface area (Å²) in [7, 11) is 0. The Bertz CT molecular complexity index is 665. The molecular formula is C17H21N3O3. The molecule has 1 aromatic carbocycles. The quantitative estimate of drug-likeness (QED) is 0.821. The zero-order valence-electron chi connectivity index (χ0n) is 13.3. The molecular weight excluding hydrogens is 294 g/mol. The van der Waals surface area contributed by atoms with E-state index in [-0.39, 0.29) is 24.1 Å². The van der Waals surface area contributed by atoms with E-state index in [1.807, 2.05) is 44.2 Å². The van der Waals surface area contributed by atoms with Crippen molar-refractivity contribution in [2.45, 2.75) is 20.3 Å². The largest absolute Gasteiger partial charge is 0.481 e. The molecule has 0 saturated heterocycles. The fourth-order valence-corrected chi connectivity index (χ4v) is 2.32. The van der Waals surface area contributed by atoms with Crippen LogP contribution in [0.25, 0.3) is 5.69 Å². The maximum atomic E-state index is 12.1. The molecule has 2 N–H and O–H groups in total. The van der Waals surface area contributed by atoms with Gasteiger partial charge in [0.25, 0.3) is 5.91 Å². The van der Waals surface area contributed by atoms with E-state index in [1.165, 1.54) is 0 Å². The van der Waals surface area contributed by atoms with Crippen molar-refractivity contribution >= 4 is 11.9 Å². The minimum Gasteiger partial charge on any atom is -0.481 e. The number of para-hydroxylation sites is 1. The van der Waals surface area contributed by atoms with E-state index in [9.17, 15) is 14.7 Å². The predicted octanol–water partition coefficient (Wildman–Crippen LogP) is 2.35. The molecule has 6 nitrogen and oxygen atoms in total. The Kier molecular flexibility index (Phi) is 5.51. The van der Waals surface area contributed by atoms with Gasteiger partial charge in [-0.05, 0) is 30.5 Å². The number of rotatable bonds is 7. The number of nitrogens with one attached hydrogen (secondary N) is 1. The molecule has 1 aromatic heterocycles. The molecule has 0 aliphatic carbocycles. The Labute approximate surface area is 135 Å². The molecule has 0 fully saturated rings. The van der Waals surface area contributed by atoms with Gasteiger partial charge in [-0.1, -0.05) is 32.0 Å². The van der Waals surface area contributed by atoms with Crippen LogP contribution in [0, 0.1) is 11.8 Å². The standard InChI is InChI=1S/C17H21N3O3/c1-12(2)10-13(17(22)23)11-18-16(21)15-8-9-20(19-15)14-6-4-3-5-7-14/h3-9,12-13H,10-11H2,1-2H3,(H,18,21)(H,22,23). The van der Waals surface area contributed by atoms with E-state index in [4.69, 9.17) is 0 Å². The van der Waals surface area contributed by atoms with Crippen LogP contribution in [-0.4, -0.2) is 33.3 Å². The lowest BCUT2D eigenvalue weighted by atomic mass is 9.97. The highest BCUT2D eigenvalue weighted by Gasteiger charge is 2.20.